The minimum Gasteiger partial charge on any atom is -0.492 e. The van der Waals surface area contributed by atoms with Crippen molar-refractivity contribution >= 4 is 0 Å². The van der Waals surface area contributed by atoms with Gasteiger partial charge in [-0.1, -0.05) is 19.9 Å². The highest BCUT2D eigenvalue weighted by molar-refractivity contribution is 5.27. The van der Waals surface area contributed by atoms with E-state index in [9.17, 15) is 4.39 Å². The number of aryl methyl sites for hydroxylation is 1. The van der Waals surface area contributed by atoms with Crippen LogP contribution in [0.5, 0.6) is 5.75 Å². The van der Waals surface area contributed by atoms with Gasteiger partial charge in [-0.3, -0.25) is 0 Å². The predicted molar refractivity (Wildman–Crippen MR) is 78.2 cm³/mol. The molecule has 0 amide bonds. The lowest BCUT2D eigenvalue weighted by atomic mass is 10.0. The monoisotopic (exact) mass is 267 g/mol. The molecule has 0 aliphatic heterocycles. The van der Waals surface area contributed by atoms with Crippen LogP contribution in [0.1, 0.15) is 39.2 Å². The molecule has 0 saturated heterocycles. The molecule has 0 heterocycles. The lowest BCUT2D eigenvalue weighted by molar-refractivity contribution is 0.301. The summed E-state index contributed by atoms with van der Waals surface area (Å²) in [7, 11) is 0. The molecule has 1 atom stereocenters. The van der Waals surface area contributed by atoms with E-state index in [0.29, 0.717) is 24.0 Å². The van der Waals surface area contributed by atoms with Crippen LogP contribution in [0.15, 0.2) is 18.2 Å². The van der Waals surface area contributed by atoms with Gasteiger partial charge in [0.05, 0.1) is 0 Å². The number of halogens is 1. The second-order valence-corrected chi connectivity index (χ2v) is 5.59. The van der Waals surface area contributed by atoms with Gasteiger partial charge in [-0.15, -0.1) is 0 Å². The number of hydrogen-bond donors (Lipinski definition) is 1. The fraction of sp³-hybridized carbons (Fsp3) is 0.625. The molecular formula is C16H26FNO. The van der Waals surface area contributed by atoms with E-state index >= 15 is 0 Å². The van der Waals surface area contributed by atoms with Crippen molar-refractivity contribution in [2.24, 2.45) is 5.92 Å². The molecule has 1 rings (SSSR count). The van der Waals surface area contributed by atoms with Crippen molar-refractivity contribution in [2.75, 3.05) is 13.2 Å². The average Bonchev–Trinajstić information content (AvgIpc) is 2.36. The first kappa shape index (κ1) is 16.0. The van der Waals surface area contributed by atoms with Gasteiger partial charge in [0.25, 0.3) is 0 Å². The molecule has 0 fully saturated rings. The lowest BCUT2D eigenvalue weighted by Gasteiger charge is -2.15. The first-order valence-electron chi connectivity index (χ1n) is 7.11. The highest BCUT2D eigenvalue weighted by atomic mass is 19.1. The zero-order chi connectivity index (χ0) is 14.3. The van der Waals surface area contributed by atoms with Crippen molar-refractivity contribution in [2.45, 2.75) is 46.6 Å². The number of rotatable bonds is 8. The number of benzene rings is 1. The van der Waals surface area contributed by atoms with Gasteiger partial charge in [0, 0.05) is 18.7 Å². The Hall–Kier alpha value is -1.09. The Morgan fingerprint density at radius 2 is 1.95 bits per heavy atom. The van der Waals surface area contributed by atoms with Gasteiger partial charge in [-0.2, -0.15) is 0 Å². The first-order valence-corrected chi connectivity index (χ1v) is 7.11. The summed E-state index contributed by atoms with van der Waals surface area (Å²) in [6.45, 7) is 9.76. The second kappa shape index (κ2) is 8.16. The van der Waals surface area contributed by atoms with Crippen LogP contribution >= 0.6 is 0 Å². The Morgan fingerprint density at radius 3 is 2.58 bits per heavy atom. The van der Waals surface area contributed by atoms with Crippen LogP contribution in [0.25, 0.3) is 0 Å². The van der Waals surface area contributed by atoms with E-state index in [2.05, 4.69) is 26.1 Å². The second-order valence-electron chi connectivity index (χ2n) is 5.59. The van der Waals surface area contributed by atoms with E-state index in [1.165, 1.54) is 18.9 Å². The van der Waals surface area contributed by atoms with Crippen molar-refractivity contribution < 1.29 is 9.13 Å². The molecule has 1 aromatic carbocycles. The average molecular weight is 267 g/mol. The van der Waals surface area contributed by atoms with Crippen LogP contribution < -0.4 is 10.1 Å². The summed E-state index contributed by atoms with van der Waals surface area (Å²) in [5, 5.41) is 3.42. The van der Waals surface area contributed by atoms with Crippen molar-refractivity contribution in [1.82, 2.24) is 5.32 Å². The highest BCUT2D eigenvalue weighted by Gasteiger charge is 2.03. The van der Waals surface area contributed by atoms with Crippen LogP contribution in [-0.4, -0.2) is 19.2 Å². The maximum Gasteiger partial charge on any atom is 0.129 e. The number of ether oxygens (including phenoxy) is 1. The maximum atomic E-state index is 13.3. The molecule has 0 radical (unpaired) electrons. The van der Waals surface area contributed by atoms with Gasteiger partial charge in [-0.05, 0) is 44.2 Å². The summed E-state index contributed by atoms with van der Waals surface area (Å²) in [6.07, 6.45) is 2.41. The van der Waals surface area contributed by atoms with Gasteiger partial charge in [0.2, 0.25) is 0 Å². The molecule has 0 aliphatic rings. The molecule has 0 aliphatic carbocycles. The zero-order valence-electron chi connectivity index (χ0n) is 12.5. The van der Waals surface area contributed by atoms with Crippen LogP contribution in [0.2, 0.25) is 0 Å². The summed E-state index contributed by atoms with van der Waals surface area (Å²) in [4.78, 5) is 0. The Balaban J connectivity index is 2.18. The van der Waals surface area contributed by atoms with Crippen molar-refractivity contribution in [3.8, 4) is 5.75 Å². The highest BCUT2D eigenvalue weighted by Crippen LogP contribution is 2.15. The van der Waals surface area contributed by atoms with Crippen LogP contribution in [0.3, 0.4) is 0 Å². The maximum absolute atomic E-state index is 13.3. The molecule has 3 heteroatoms. The topological polar surface area (TPSA) is 21.3 Å². The molecule has 1 unspecified atom stereocenters. The van der Waals surface area contributed by atoms with Crippen LogP contribution in [0.4, 0.5) is 4.39 Å². The van der Waals surface area contributed by atoms with Gasteiger partial charge in [-0.25, -0.2) is 4.39 Å². The Kier molecular flexibility index (Phi) is 6.85. The summed E-state index contributed by atoms with van der Waals surface area (Å²) in [6, 6.07) is 5.49. The Morgan fingerprint density at radius 1 is 1.21 bits per heavy atom. The van der Waals surface area contributed by atoms with Gasteiger partial charge in [0.15, 0.2) is 0 Å². The van der Waals surface area contributed by atoms with Crippen molar-refractivity contribution in [3.05, 3.63) is 29.6 Å². The standard InChI is InChI=1S/C16H26FNO/c1-12(2)5-7-14(4)18-9-10-19-15-8-6-13(3)16(17)11-15/h6,8,11-12,14,18H,5,7,9-10H2,1-4H3. The SMILES string of the molecule is Cc1ccc(OCCNC(C)CCC(C)C)cc1F. The summed E-state index contributed by atoms with van der Waals surface area (Å²) >= 11 is 0. The van der Waals surface area contributed by atoms with E-state index in [1.54, 1.807) is 19.1 Å². The number of hydrogen-bond acceptors (Lipinski definition) is 2. The summed E-state index contributed by atoms with van der Waals surface area (Å²) in [5.74, 6) is 1.13. The lowest BCUT2D eigenvalue weighted by Crippen LogP contribution is -2.30. The van der Waals surface area contributed by atoms with Crippen molar-refractivity contribution in [1.29, 1.82) is 0 Å². The molecule has 0 saturated carbocycles. The van der Waals surface area contributed by atoms with E-state index in [-0.39, 0.29) is 5.82 Å². The van der Waals surface area contributed by atoms with Crippen LogP contribution in [-0.2, 0) is 0 Å². The zero-order valence-corrected chi connectivity index (χ0v) is 12.5. The summed E-state index contributed by atoms with van der Waals surface area (Å²) < 4.78 is 18.8. The summed E-state index contributed by atoms with van der Waals surface area (Å²) in [5.41, 5.74) is 0.646. The molecule has 1 N–H and O–H groups in total. The molecule has 19 heavy (non-hydrogen) atoms. The Bertz CT molecular complexity index is 379. The van der Waals surface area contributed by atoms with E-state index in [0.717, 1.165) is 12.5 Å². The molecular weight excluding hydrogens is 241 g/mol. The van der Waals surface area contributed by atoms with Crippen molar-refractivity contribution in [3.63, 3.8) is 0 Å². The number of nitrogens with one attached hydrogen (secondary N) is 1. The van der Waals surface area contributed by atoms with E-state index in [1.807, 2.05) is 0 Å². The fourth-order valence-electron chi connectivity index (χ4n) is 1.82. The molecule has 108 valence electrons. The molecule has 0 bridgehead atoms. The Labute approximate surface area is 116 Å². The fourth-order valence-corrected chi connectivity index (χ4v) is 1.82. The normalized spacial score (nSPS) is 12.7. The minimum atomic E-state index is -0.212. The first-order chi connectivity index (χ1) is 8.99. The van der Waals surface area contributed by atoms with Gasteiger partial charge < -0.3 is 10.1 Å². The molecule has 0 aromatic heterocycles. The molecule has 2 nitrogen and oxygen atoms in total. The van der Waals surface area contributed by atoms with Crippen LogP contribution in [0, 0.1) is 18.7 Å². The van der Waals surface area contributed by atoms with Gasteiger partial charge >= 0.3 is 0 Å². The van der Waals surface area contributed by atoms with E-state index in [4.69, 9.17) is 4.74 Å². The third kappa shape index (κ3) is 6.58. The van der Waals surface area contributed by atoms with Gasteiger partial charge in [0.1, 0.15) is 18.2 Å². The third-order valence-electron chi connectivity index (χ3n) is 3.18. The molecule has 1 aromatic rings. The largest absolute Gasteiger partial charge is 0.492 e. The van der Waals surface area contributed by atoms with E-state index < -0.39 is 0 Å². The minimum absolute atomic E-state index is 0.212. The predicted octanol–water partition coefficient (Wildman–Crippen LogP) is 3.93. The third-order valence-corrected chi connectivity index (χ3v) is 3.18. The smallest absolute Gasteiger partial charge is 0.129 e. The quantitative estimate of drug-likeness (QED) is 0.721. The molecule has 0 spiro atoms.